The SMILES string of the molecule is Cc1ccc(C)c(C(=O)Cc2nnc3c4ccccc4cnn3c2=O)c1. The molecule has 0 saturated heterocycles. The summed E-state index contributed by atoms with van der Waals surface area (Å²) >= 11 is 0. The molecule has 2 heterocycles. The van der Waals surface area contributed by atoms with Crippen LogP contribution in [0.2, 0.25) is 0 Å². The van der Waals surface area contributed by atoms with E-state index in [1.807, 2.05) is 56.3 Å². The van der Waals surface area contributed by atoms with Crippen LogP contribution in [-0.4, -0.2) is 25.6 Å². The minimum Gasteiger partial charge on any atom is -0.294 e. The van der Waals surface area contributed by atoms with Gasteiger partial charge in [0, 0.05) is 16.3 Å². The Hall–Kier alpha value is -3.41. The van der Waals surface area contributed by atoms with E-state index in [1.54, 1.807) is 6.20 Å². The van der Waals surface area contributed by atoms with E-state index >= 15 is 0 Å². The maximum atomic E-state index is 12.7. The number of rotatable bonds is 3. The molecule has 4 rings (SSSR count). The summed E-state index contributed by atoms with van der Waals surface area (Å²) in [6.07, 6.45) is 1.51. The van der Waals surface area contributed by atoms with Crippen LogP contribution in [0.1, 0.15) is 27.2 Å². The Morgan fingerprint density at radius 1 is 1.08 bits per heavy atom. The number of Topliss-reactive ketones (excluding diaryl/α,β-unsaturated/α-hetero) is 1. The molecule has 4 aromatic rings. The number of hydrogen-bond donors (Lipinski definition) is 0. The first-order chi connectivity index (χ1) is 12.5. The van der Waals surface area contributed by atoms with Crippen molar-refractivity contribution in [1.82, 2.24) is 19.8 Å². The summed E-state index contributed by atoms with van der Waals surface area (Å²) in [6.45, 7) is 3.80. The van der Waals surface area contributed by atoms with Crippen LogP contribution in [0.4, 0.5) is 0 Å². The second-order valence-corrected chi connectivity index (χ2v) is 6.34. The van der Waals surface area contributed by atoms with Crippen LogP contribution in [0, 0.1) is 13.8 Å². The molecule has 26 heavy (non-hydrogen) atoms. The molecule has 0 bridgehead atoms. The van der Waals surface area contributed by atoms with Crippen LogP contribution >= 0.6 is 0 Å². The molecular formula is C20H16N4O2. The van der Waals surface area contributed by atoms with Crippen LogP contribution < -0.4 is 5.56 Å². The van der Waals surface area contributed by atoms with Crippen LogP contribution in [0.25, 0.3) is 16.4 Å². The molecule has 6 heteroatoms. The van der Waals surface area contributed by atoms with Crippen molar-refractivity contribution in [2.24, 2.45) is 0 Å². The Morgan fingerprint density at radius 3 is 2.73 bits per heavy atom. The number of nitrogens with zero attached hydrogens (tertiary/aromatic N) is 4. The van der Waals surface area contributed by atoms with Crippen molar-refractivity contribution in [3.05, 3.63) is 81.4 Å². The number of carbonyl (C=O) groups is 1. The summed E-state index contributed by atoms with van der Waals surface area (Å²) in [5.41, 5.74) is 2.53. The summed E-state index contributed by atoms with van der Waals surface area (Å²) in [5, 5.41) is 14.0. The van der Waals surface area contributed by atoms with Crippen LogP contribution in [0.3, 0.4) is 0 Å². The van der Waals surface area contributed by atoms with Crippen LogP contribution in [0.5, 0.6) is 0 Å². The van der Waals surface area contributed by atoms with Gasteiger partial charge in [0.25, 0.3) is 5.56 Å². The maximum Gasteiger partial charge on any atom is 0.296 e. The van der Waals surface area contributed by atoms with E-state index in [-0.39, 0.29) is 17.9 Å². The van der Waals surface area contributed by atoms with E-state index < -0.39 is 5.56 Å². The molecule has 0 aliphatic carbocycles. The van der Waals surface area contributed by atoms with Crippen molar-refractivity contribution in [2.45, 2.75) is 20.3 Å². The zero-order valence-corrected chi connectivity index (χ0v) is 14.4. The molecule has 6 nitrogen and oxygen atoms in total. The van der Waals surface area contributed by atoms with Gasteiger partial charge in [-0.15, -0.1) is 10.2 Å². The average Bonchev–Trinajstić information content (AvgIpc) is 2.65. The second-order valence-electron chi connectivity index (χ2n) is 6.34. The van der Waals surface area contributed by atoms with E-state index in [9.17, 15) is 9.59 Å². The van der Waals surface area contributed by atoms with E-state index in [4.69, 9.17) is 0 Å². The lowest BCUT2D eigenvalue weighted by Crippen LogP contribution is -2.26. The fourth-order valence-electron chi connectivity index (χ4n) is 3.01. The van der Waals surface area contributed by atoms with Gasteiger partial charge in [-0.3, -0.25) is 9.59 Å². The Labute approximate surface area is 149 Å². The molecular weight excluding hydrogens is 328 g/mol. The fourth-order valence-corrected chi connectivity index (χ4v) is 3.01. The predicted molar refractivity (Wildman–Crippen MR) is 98.5 cm³/mol. The first-order valence-electron chi connectivity index (χ1n) is 8.27. The average molecular weight is 344 g/mol. The maximum absolute atomic E-state index is 12.7. The van der Waals surface area contributed by atoms with Crippen molar-refractivity contribution in [3.63, 3.8) is 0 Å². The number of carbonyl (C=O) groups excluding carboxylic acids is 1. The molecule has 0 unspecified atom stereocenters. The summed E-state index contributed by atoms with van der Waals surface area (Å²) in [7, 11) is 0. The monoisotopic (exact) mass is 344 g/mol. The van der Waals surface area contributed by atoms with Gasteiger partial charge in [0.05, 0.1) is 12.6 Å². The minimum absolute atomic E-state index is 0.0937. The highest BCUT2D eigenvalue weighted by Gasteiger charge is 2.16. The number of aryl methyl sites for hydroxylation is 2. The highest BCUT2D eigenvalue weighted by Crippen LogP contribution is 2.16. The van der Waals surface area contributed by atoms with Gasteiger partial charge in [-0.05, 0) is 25.5 Å². The lowest BCUT2D eigenvalue weighted by molar-refractivity contribution is 0.0990. The quantitative estimate of drug-likeness (QED) is 0.422. The van der Waals surface area contributed by atoms with Gasteiger partial charge in [-0.25, -0.2) is 0 Å². The lowest BCUT2D eigenvalue weighted by atomic mass is 9.99. The molecule has 0 aliphatic rings. The van der Waals surface area contributed by atoms with Crippen LogP contribution in [-0.2, 0) is 6.42 Å². The Kier molecular flexibility index (Phi) is 3.80. The molecule has 0 saturated carbocycles. The Bertz CT molecular complexity index is 1230. The number of ketones is 1. The van der Waals surface area contributed by atoms with Gasteiger partial charge in [0.15, 0.2) is 11.4 Å². The van der Waals surface area contributed by atoms with Crippen molar-refractivity contribution in [3.8, 4) is 0 Å². The number of benzene rings is 2. The van der Waals surface area contributed by atoms with Gasteiger partial charge in [-0.2, -0.15) is 9.61 Å². The van der Waals surface area contributed by atoms with Crippen molar-refractivity contribution >= 4 is 22.2 Å². The van der Waals surface area contributed by atoms with E-state index in [1.165, 1.54) is 4.52 Å². The molecule has 2 aromatic heterocycles. The first-order valence-corrected chi connectivity index (χ1v) is 8.27. The molecule has 0 spiro atoms. The Morgan fingerprint density at radius 2 is 1.88 bits per heavy atom. The zero-order chi connectivity index (χ0) is 18.3. The molecule has 0 N–H and O–H groups in total. The molecule has 128 valence electrons. The highest BCUT2D eigenvalue weighted by atomic mass is 16.1. The largest absolute Gasteiger partial charge is 0.296 e. The first kappa shape index (κ1) is 16.1. The second kappa shape index (κ2) is 6.15. The molecule has 0 aliphatic heterocycles. The molecule has 0 atom stereocenters. The highest BCUT2D eigenvalue weighted by molar-refractivity contribution is 5.98. The number of fused-ring (bicyclic) bond motifs is 3. The summed E-state index contributed by atoms with van der Waals surface area (Å²) < 4.78 is 1.21. The van der Waals surface area contributed by atoms with Gasteiger partial charge >= 0.3 is 0 Å². The van der Waals surface area contributed by atoms with E-state index in [0.29, 0.717) is 11.2 Å². The van der Waals surface area contributed by atoms with E-state index in [2.05, 4.69) is 15.3 Å². The third-order valence-corrected chi connectivity index (χ3v) is 4.44. The number of hydrogen-bond acceptors (Lipinski definition) is 5. The van der Waals surface area contributed by atoms with Crippen molar-refractivity contribution < 1.29 is 4.79 Å². The topological polar surface area (TPSA) is 77.2 Å². The third kappa shape index (κ3) is 2.65. The lowest BCUT2D eigenvalue weighted by Gasteiger charge is -2.07. The summed E-state index contributed by atoms with van der Waals surface area (Å²) in [4.78, 5) is 25.4. The molecule has 0 fully saturated rings. The smallest absolute Gasteiger partial charge is 0.294 e. The van der Waals surface area contributed by atoms with Crippen LogP contribution in [0.15, 0.2) is 53.5 Å². The summed E-state index contributed by atoms with van der Waals surface area (Å²) in [6, 6.07) is 13.2. The van der Waals surface area contributed by atoms with Crippen molar-refractivity contribution in [1.29, 1.82) is 0 Å². The number of aromatic nitrogens is 4. The minimum atomic E-state index is -0.417. The normalized spacial score (nSPS) is 11.2. The van der Waals surface area contributed by atoms with Crippen molar-refractivity contribution in [2.75, 3.05) is 0 Å². The van der Waals surface area contributed by atoms with Gasteiger partial charge in [-0.1, -0.05) is 42.0 Å². The van der Waals surface area contributed by atoms with E-state index in [0.717, 1.165) is 21.9 Å². The molecule has 0 radical (unpaired) electrons. The predicted octanol–water partition coefficient (Wildman–Crippen LogP) is 2.68. The Balaban J connectivity index is 1.79. The van der Waals surface area contributed by atoms with Gasteiger partial charge < -0.3 is 0 Å². The fraction of sp³-hybridized carbons (Fsp3) is 0.150. The molecule has 2 aromatic carbocycles. The molecule has 0 amide bonds. The third-order valence-electron chi connectivity index (χ3n) is 4.44. The summed E-state index contributed by atoms with van der Waals surface area (Å²) in [5.74, 6) is -0.154. The zero-order valence-electron chi connectivity index (χ0n) is 14.4. The van der Waals surface area contributed by atoms with Gasteiger partial charge in [0.2, 0.25) is 0 Å². The standard InChI is InChI=1S/C20H16N4O2/c1-12-7-8-13(2)16(9-12)18(25)10-17-20(26)24-19(23-22-17)15-6-4-3-5-14(15)11-21-24/h3-9,11H,10H2,1-2H3. The van der Waals surface area contributed by atoms with Gasteiger partial charge in [0.1, 0.15) is 5.69 Å².